The summed E-state index contributed by atoms with van der Waals surface area (Å²) in [6.07, 6.45) is 1.40. The quantitative estimate of drug-likeness (QED) is 0.698. The molecule has 1 atom stereocenters. The first kappa shape index (κ1) is 16.4. The highest BCUT2D eigenvalue weighted by Gasteiger charge is 2.31. The molecule has 1 fully saturated rings. The average Bonchev–Trinajstić information content (AvgIpc) is 3.19. The fourth-order valence-corrected chi connectivity index (χ4v) is 2.86. The molecule has 0 saturated carbocycles. The molecule has 2 aliphatic rings. The lowest BCUT2D eigenvalue weighted by atomic mass is 10.2. The van der Waals surface area contributed by atoms with E-state index in [0.29, 0.717) is 43.4 Å². The van der Waals surface area contributed by atoms with Gasteiger partial charge < -0.3 is 24.6 Å². The fourth-order valence-electron chi connectivity index (χ4n) is 2.86. The van der Waals surface area contributed by atoms with Crippen LogP contribution in [0.4, 0.5) is 0 Å². The minimum absolute atomic E-state index is 0.0982. The van der Waals surface area contributed by atoms with E-state index in [1.807, 2.05) is 0 Å². The second-order valence-corrected chi connectivity index (χ2v) is 5.68. The number of benzene rings is 1. The standard InChI is InChI=1S/C16H20N2O6/c19-15(9-18-6-1-2-12(18)16(20)21)17-5-7-22-11-3-4-13-14(8-11)24-10-23-13/h3-4,8,12H,1-2,5-7,9-10H2,(H,17,19)(H,20,21)/t12-/m0/s1. The molecule has 0 spiro atoms. The maximum Gasteiger partial charge on any atom is 0.320 e. The van der Waals surface area contributed by atoms with E-state index >= 15 is 0 Å². The van der Waals surface area contributed by atoms with E-state index < -0.39 is 12.0 Å². The normalized spacial score (nSPS) is 19.2. The molecule has 130 valence electrons. The molecule has 0 radical (unpaired) electrons. The smallest absolute Gasteiger partial charge is 0.320 e. The van der Waals surface area contributed by atoms with Crippen molar-refractivity contribution in [2.45, 2.75) is 18.9 Å². The topological polar surface area (TPSA) is 97.3 Å². The number of carboxylic acids is 1. The Hall–Kier alpha value is -2.48. The molecule has 2 aliphatic heterocycles. The molecule has 1 aromatic rings. The van der Waals surface area contributed by atoms with E-state index in [2.05, 4.69) is 5.32 Å². The summed E-state index contributed by atoms with van der Waals surface area (Å²) in [7, 11) is 0. The predicted molar refractivity (Wildman–Crippen MR) is 83.3 cm³/mol. The summed E-state index contributed by atoms with van der Waals surface area (Å²) in [5, 5.41) is 11.8. The van der Waals surface area contributed by atoms with Crippen molar-refractivity contribution in [3.63, 3.8) is 0 Å². The van der Waals surface area contributed by atoms with Gasteiger partial charge in [-0.1, -0.05) is 0 Å². The van der Waals surface area contributed by atoms with Crippen LogP contribution >= 0.6 is 0 Å². The third-order valence-corrected chi connectivity index (χ3v) is 4.03. The molecular formula is C16H20N2O6. The third kappa shape index (κ3) is 3.88. The van der Waals surface area contributed by atoms with E-state index in [1.165, 1.54) is 0 Å². The first-order valence-electron chi connectivity index (χ1n) is 7.89. The van der Waals surface area contributed by atoms with Crippen molar-refractivity contribution in [3.05, 3.63) is 18.2 Å². The van der Waals surface area contributed by atoms with E-state index in [-0.39, 0.29) is 19.2 Å². The fraction of sp³-hybridized carbons (Fsp3) is 0.500. The summed E-state index contributed by atoms with van der Waals surface area (Å²) < 4.78 is 16.0. The van der Waals surface area contributed by atoms with Gasteiger partial charge in [-0.15, -0.1) is 0 Å². The van der Waals surface area contributed by atoms with E-state index in [4.69, 9.17) is 19.3 Å². The lowest BCUT2D eigenvalue weighted by Gasteiger charge is -2.20. The van der Waals surface area contributed by atoms with Crippen LogP contribution in [-0.2, 0) is 9.59 Å². The molecule has 2 heterocycles. The second-order valence-electron chi connectivity index (χ2n) is 5.68. The number of fused-ring (bicyclic) bond motifs is 1. The predicted octanol–water partition coefficient (Wildman–Crippen LogP) is 0.459. The number of carbonyl (C=O) groups excluding carboxylic acids is 1. The highest BCUT2D eigenvalue weighted by atomic mass is 16.7. The number of aliphatic carboxylic acids is 1. The average molecular weight is 336 g/mol. The Balaban J connectivity index is 1.37. The molecule has 2 N–H and O–H groups in total. The molecule has 0 bridgehead atoms. The summed E-state index contributed by atoms with van der Waals surface area (Å²) in [5.41, 5.74) is 0. The number of carbonyl (C=O) groups is 2. The van der Waals surface area contributed by atoms with Crippen molar-refractivity contribution in [2.24, 2.45) is 0 Å². The van der Waals surface area contributed by atoms with Crippen LogP contribution in [0, 0.1) is 0 Å². The van der Waals surface area contributed by atoms with Crippen molar-refractivity contribution in [1.82, 2.24) is 10.2 Å². The van der Waals surface area contributed by atoms with Crippen LogP contribution in [0.1, 0.15) is 12.8 Å². The van der Waals surface area contributed by atoms with Gasteiger partial charge in [-0.2, -0.15) is 0 Å². The van der Waals surface area contributed by atoms with Gasteiger partial charge in [0, 0.05) is 6.07 Å². The zero-order chi connectivity index (χ0) is 16.9. The summed E-state index contributed by atoms with van der Waals surface area (Å²) in [6.45, 7) is 1.61. The molecule has 0 aromatic heterocycles. The number of ether oxygens (including phenoxy) is 3. The van der Waals surface area contributed by atoms with Gasteiger partial charge in [0.1, 0.15) is 18.4 Å². The van der Waals surface area contributed by atoms with Crippen LogP contribution in [-0.4, -0.2) is 61.0 Å². The van der Waals surface area contributed by atoms with Gasteiger partial charge in [0.2, 0.25) is 12.7 Å². The molecule has 1 saturated heterocycles. The molecule has 8 nitrogen and oxygen atoms in total. The Morgan fingerprint density at radius 2 is 2.17 bits per heavy atom. The lowest BCUT2D eigenvalue weighted by Crippen LogP contribution is -2.43. The third-order valence-electron chi connectivity index (χ3n) is 4.03. The first-order chi connectivity index (χ1) is 11.6. The number of likely N-dealkylation sites (tertiary alicyclic amines) is 1. The van der Waals surface area contributed by atoms with Crippen LogP contribution in [0.15, 0.2) is 18.2 Å². The molecule has 8 heteroatoms. The summed E-state index contributed by atoms with van der Waals surface area (Å²) >= 11 is 0. The zero-order valence-corrected chi connectivity index (χ0v) is 13.2. The molecule has 0 aliphatic carbocycles. The van der Waals surface area contributed by atoms with Gasteiger partial charge >= 0.3 is 5.97 Å². The summed E-state index contributed by atoms with van der Waals surface area (Å²) in [6, 6.07) is 4.74. The largest absolute Gasteiger partial charge is 0.492 e. The summed E-state index contributed by atoms with van der Waals surface area (Å²) in [4.78, 5) is 24.7. The number of hydrogen-bond acceptors (Lipinski definition) is 6. The van der Waals surface area contributed by atoms with Crippen LogP contribution in [0.25, 0.3) is 0 Å². The van der Waals surface area contributed by atoms with Crippen molar-refractivity contribution >= 4 is 11.9 Å². The summed E-state index contributed by atoms with van der Waals surface area (Å²) in [5.74, 6) is 0.905. The van der Waals surface area contributed by atoms with Crippen LogP contribution < -0.4 is 19.5 Å². The minimum atomic E-state index is -0.869. The minimum Gasteiger partial charge on any atom is -0.492 e. The highest BCUT2D eigenvalue weighted by molar-refractivity contribution is 5.80. The molecule has 3 rings (SSSR count). The highest BCUT2D eigenvalue weighted by Crippen LogP contribution is 2.34. The SMILES string of the molecule is O=C(CN1CCC[C@H]1C(=O)O)NCCOc1ccc2c(c1)OCO2. The Bertz CT molecular complexity index is 621. The van der Waals surface area contributed by atoms with Crippen LogP contribution in [0.5, 0.6) is 17.2 Å². The van der Waals surface area contributed by atoms with Gasteiger partial charge in [-0.25, -0.2) is 0 Å². The number of amides is 1. The van der Waals surface area contributed by atoms with Gasteiger partial charge in [0.05, 0.1) is 13.1 Å². The van der Waals surface area contributed by atoms with E-state index in [0.717, 1.165) is 6.42 Å². The van der Waals surface area contributed by atoms with Crippen molar-refractivity contribution in [1.29, 1.82) is 0 Å². The van der Waals surface area contributed by atoms with Gasteiger partial charge in [0.25, 0.3) is 0 Å². The lowest BCUT2D eigenvalue weighted by molar-refractivity contribution is -0.142. The molecule has 24 heavy (non-hydrogen) atoms. The monoisotopic (exact) mass is 336 g/mol. The molecular weight excluding hydrogens is 316 g/mol. The zero-order valence-electron chi connectivity index (χ0n) is 13.2. The first-order valence-corrected chi connectivity index (χ1v) is 7.89. The van der Waals surface area contributed by atoms with Crippen molar-refractivity contribution in [2.75, 3.05) is 33.0 Å². The number of nitrogens with one attached hydrogen (secondary N) is 1. The Labute approximate surface area is 139 Å². The van der Waals surface area contributed by atoms with Gasteiger partial charge in [0.15, 0.2) is 11.5 Å². The number of hydrogen-bond donors (Lipinski definition) is 2. The number of nitrogens with zero attached hydrogens (tertiary/aromatic N) is 1. The van der Waals surface area contributed by atoms with Crippen LogP contribution in [0.3, 0.4) is 0 Å². The molecule has 1 aromatic carbocycles. The molecule has 1 amide bonds. The maximum atomic E-state index is 11.9. The maximum absolute atomic E-state index is 11.9. The van der Waals surface area contributed by atoms with E-state index in [9.17, 15) is 9.59 Å². The van der Waals surface area contributed by atoms with Crippen LogP contribution in [0.2, 0.25) is 0 Å². The van der Waals surface area contributed by atoms with Gasteiger partial charge in [-0.05, 0) is 31.5 Å². The number of carboxylic acid groups (broad SMARTS) is 1. The van der Waals surface area contributed by atoms with Crippen molar-refractivity contribution in [3.8, 4) is 17.2 Å². The number of rotatable bonds is 7. The van der Waals surface area contributed by atoms with Crippen molar-refractivity contribution < 1.29 is 28.9 Å². The Morgan fingerprint density at radius 1 is 1.33 bits per heavy atom. The Morgan fingerprint density at radius 3 is 3.00 bits per heavy atom. The van der Waals surface area contributed by atoms with Gasteiger partial charge in [-0.3, -0.25) is 14.5 Å². The van der Waals surface area contributed by atoms with E-state index in [1.54, 1.807) is 23.1 Å². The Kier molecular flexibility index (Phi) is 5.05. The second kappa shape index (κ2) is 7.39. The molecule has 0 unspecified atom stereocenters.